The van der Waals surface area contributed by atoms with Gasteiger partial charge >= 0.3 is 0 Å². The zero-order valence-corrected chi connectivity index (χ0v) is 28.3. The minimum absolute atomic E-state index is 0.615. The molecule has 0 bridgehead atoms. The van der Waals surface area contributed by atoms with Crippen LogP contribution < -0.4 is 0 Å². The third-order valence-corrected chi connectivity index (χ3v) is 9.62. The number of fused-ring (bicyclic) bond motifs is 2. The van der Waals surface area contributed by atoms with Crippen LogP contribution in [0, 0.1) is 0 Å². The molecule has 0 unspecified atom stereocenters. The summed E-state index contributed by atoms with van der Waals surface area (Å²) in [7, 11) is 0. The van der Waals surface area contributed by atoms with Crippen LogP contribution in [0.15, 0.2) is 121 Å². The first-order valence-corrected chi connectivity index (χ1v) is 16.9. The lowest BCUT2D eigenvalue weighted by Gasteiger charge is -2.06. The molecule has 6 aromatic rings. The van der Waals surface area contributed by atoms with Crippen LogP contribution in [-0.4, -0.2) is 0 Å². The normalized spacial score (nSPS) is 10.8. The molecule has 0 amide bonds. The van der Waals surface area contributed by atoms with Crippen LogP contribution in [0.4, 0.5) is 0 Å². The van der Waals surface area contributed by atoms with Crippen LogP contribution in [0.3, 0.4) is 0 Å². The Labute approximate surface area is 263 Å². The van der Waals surface area contributed by atoms with E-state index >= 15 is 0 Å². The van der Waals surface area contributed by atoms with Crippen molar-refractivity contribution in [1.29, 1.82) is 0 Å². The summed E-state index contributed by atoms with van der Waals surface area (Å²) in [5.74, 6) is 2.63. The third-order valence-electron chi connectivity index (χ3n) is 7.03. The predicted octanol–water partition coefficient (Wildman–Crippen LogP) is 13.7. The fourth-order valence-corrected chi connectivity index (χ4v) is 6.12. The van der Waals surface area contributed by atoms with Crippen molar-refractivity contribution in [2.75, 3.05) is 0 Å². The fourth-order valence-electron chi connectivity index (χ4n) is 4.31. The lowest BCUT2D eigenvalue weighted by atomic mass is 9.99. The smallest absolute Gasteiger partial charge is 0.0345 e. The highest BCUT2D eigenvalue weighted by Gasteiger charge is 2.03. The van der Waals surface area contributed by atoms with Gasteiger partial charge in [0.2, 0.25) is 0 Å². The molecule has 0 aliphatic heterocycles. The van der Waals surface area contributed by atoms with Gasteiger partial charge in [-0.3, -0.25) is 0 Å². The Hall–Kier alpha value is -3.20. The molecular formula is C40H48S2. The first-order valence-electron chi connectivity index (χ1n) is 15.2. The van der Waals surface area contributed by atoms with Crippen molar-refractivity contribution in [3.05, 3.63) is 142 Å². The van der Waals surface area contributed by atoms with Crippen molar-refractivity contribution in [2.24, 2.45) is 0 Å². The van der Waals surface area contributed by atoms with E-state index in [0.717, 1.165) is 0 Å². The molecule has 0 aliphatic rings. The Balaban J connectivity index is 0.000000157. The Kier molecular flexibility index (Phi) is 13.5. The number of benzene rings is 4. The molecule has 0 saturated carbocycles. The van der Waals surface area contributed by atoms with Gasteiger partial charge in [-0.1, -0.05) is 152 Å². The van der Waals surface area contributed by atoms with Crippen molar-refractivity contribution in [3.63, 3.8) is 0 Å². The van der Waals surface area contributed by atoms with Crippen LogP contribution in [0.5, 0.6) is 0 Å². The van der Waals surface area contributed by atoms with Gasteiger partial charge in [-0.25, -0.2) is 0 Å². The molecule has 2 heteroatoms. The highest BCUT2D eigenvalue weighted by molar-refractivity contribution is 7.19. The second-order valence-electron chi connectivity index (χ2n) is 11.8. The van der Waals surface area contributed by atoms with Crippen molar-refractivity contribution < 1.29 is 0 Å². The number of rotatable bonds is 4. The maximum Gasteiger partial charge on any atom is 0.0345 e. The molecule has 4 aromatic carbocycles. The fraction of sp³-hybridized carbons (Fsp3) is 0.300. The van der Waals surface area contributed by atoms with Crippen molar-refractivity contribution >= 4 is 43.5 Å². The number of hydrogen-bond acceptors (Lipinski definition) is 2. The summed E-state index contributed by atoms with van der Waals surface area (Å²) in [5.41, 5.74) is 2.83. The Morgan fingerprint density at radius 1 is 0.405 bits per heavy atom. The van der Waals surface area contributed by atoms with E-state index in [4.69, 9.17) is 0 Å². The average molecular weight is 593 g/mol. The van der Waals surface area contributed by atoms with Crippen molar-refractivity contribution in [1.82, 2.24) is 0 Å². The molecule has 0 aliphatic carbocycles. The van der Waals surface area contributed by atoms with E-state index in [2.05, 4.69) is 170 Å². The second-order valence-corrected chi connectivity index (χ2v) is 13.9. The molecule has 2 heterocycles. The summed E-state index contributed by atoms with van der Waals surface area (Å²) in [6.45, 7) is 17.8. The van der Waals surface area contributed by atoms with E-state index < -0.39 is 0 Å². The van der Waals surface area contributed by atoms with Crippen LogP contribution in [0.2, 0.25) is 0 Å². The molecule has 0 fully saturated rings. The maximum atomic E-state index is 2.30. The molecule has 0 radical (unpaired) electrons. The molecule has 220 valence electrons. The molecular weight excluding hydrogens is 545 g/mol. The van der Waals surface area contributed by atoms with Crippen molar-refractivity contribution in [3.8, 4) is 0 Å². The van der Waals surface area contributed by atoms with E-state index in [1.165, 1.54) is 41.7 Å². The molecule has 42 heavy (non-hydrogen) atoms. The lowest BCUT2D eigenvalue weighted by Crippen LogP contribution is -1.85. The van der Waals surface area contributed by atoms with Gasteiger partial charge in [0.1, 0.15) is 0 Å². The van der Waals surface area contributed by atoms with Gasteiger partial charge in [-0.15, -0.1) is 22.7 Å². The summed E-state index contributed by atoms with van der Waals surface area (Å²) >= 11 is 3.74. The Morgan fingerprint density at radius 2 is 0.976 bits per heavy atom. The minimum Gasteiger partial charge on any atom is -0.149 e. The highest BCUT2D eigenvalue weighted by atomic mass is 32.1. The predicted molar refractivity (Wildman–Crippen MR) is 193 cm³/mol. The summed E-state index contributed by atoms with van der Waals surface area (Å²) in [6, 6.07) is 40.8. The van der Waals surface area contributed by atoms with Crippen LogP contribution in [0.25, 0.3) is 20.9 Å². The van der Waals surface area contributed by atoms with E-state index in [1.54, 1.807) is 0 Å². The van der Waals surface area contributed by atoms with Gasteiger partial charge in [0.15, 0.2) is 0 Å². The van der Waals surface area contributed by atoms with E-state index in [-0.39, 0.29) is 0 Å². The molecule has 0 atom stereocenters. The Bertz CT molecular complexity index is 1540. The van der Waals surface area contributed by atoms with Gasteiger partial charge in [-0.2, -0.15) is 0 Å². The number of thiophene rings is 2. The summed E-state index contributed by atoms with van der Waals surface area (Å²) < 4.78 is 1.40. The summed E-state index contributed by atoms with van der Waals surface area (Å²) in [5, 5.41) is 6.17. The molecule has 6 rings (SSSR count). The molecule has 2 aromatic heterocycles. The first kappa shape index (κ1) is 33.3. The monoisotopic (exact) mass is 592 g/mol. The van der Waals surface area contributed by atoms with Gasteiger partial charge in [0, 0.05) is 14.5 Å². The third kappa shape index (κ3) is 10.6. The van der Waals surface area contributed by atoms with Gasteiger partial charge in [0.05, 0.1) is 0 Å². The van der Waals surface area contributed by atoms with Gasteiger partial charge in [-0.05, 0) is 74.5 Å². The van der Waals surface area contributed by atoms with E-state index in [1.807, 2.05) is 28.7 Å². The van der Waals surface area contributed by atoms with E-state index in [9.17, 15) is 0 Å². The summed E-state index contributed by atoms with van der Waals surface area (Å²) in [4.78, 5) is 2.96. The highest BCUT2D eigenvalue weighted by Crippen LogP contribution is 2.30. The number of hydrogen-bond donors (Lipinski definition) is 0. The lowest BCUT2D eigenvalue weighted by molar-refractivity contribution is 0.867. The van der Waals surface area contributed by atoms with Crippen LogP contribution in [-0.2, 0) is 0 Å². The molecule has 0 saturated heterocycles. The minimum atomic E-state index is 0.615. The standard InChI is InChI=1S/C13H14.C11H12S.C9H12.C7H10S/c1-10(2)12-8-7-11-5-3-4-6-13(11)9-12;1-8(2)11-7-9-5-3-4-6-10(9)12-11;1-8(2)9-6-4-3-5-7-9;1-6(2)7-4-3-5-8-7/h3-10H,1-2H3;3-8H,1-2H3;3-8H,1-2H3;3-6H,1-2H3. The van der Waals surface area contributed by atoms with Crippen molar-refractivity contribution in [2.45, 2.75) is 79.1 Å². The summed E-state index contributed by atoms with van der Waals surface area (Å²) in [6.07, 6.45) is 0. The quantitative estimate of drug-likeness (QED) is 0.191. The second kappa shape index (κ2) is 17.0. The SMILES string of the molecule is CC(C)c1cc2ccccc2s1.CC(C)c1ccc2ccccc2c1.CC(C)c1ccccc1.CC(C)c1cccs1. The molecule has 0 spiro atoms. The first-order chi connectivity index (χ1) is 20.2. The molecule has 0 nitrogen and oxygen atoms in total. The van der Waals surface area contributed by atoms with Crippen LogP contribution in [0.1, 0.15) is 99.9 Å². The zero-order chi connectivity index (χ0) is 30.5. The topological polar surface area (TPSA) is 0 Å². The van der Waals surface area contributed by atoms with Gasteiger partial charge in [0.25, 0.3) is 0 Å². The molecule has 0 N–H and O–H groups in total. The van der Waals surface area contributed by atoms with Gasteiger partial charge < -0.3 is 0 Å². The average Bonchev–Trinajstić information content (AvgIpc) is 3.70. The van der Waals surface area contributed by atoms with Crippen LogP contribution >= 0.6 is 22.7 Å². The largest absolute Gasteiger partial charge is 0.149 e. The zero-order valence-electron chi connectivity index (χ0n) is 26.7. The Morgan fingerprint density at radius 3 is 1.48 bits per heavy atom. The maximum absolute atomic E-state index is 2.30. The van der Waals surface area contributed by atoms with E-state index in [0.29, 0.717) is 23.7 Å².